The molecule has 2 heterocycles. The minimum atomic E-state index is -0.793. The number of carbonyl (C=O) groups excluding carboxylic acids is 1. The van der Waals surface area contributed by atoms with Gasteiger partial charge in [0.2, 0.25) is 0 Å². The topological polar surface area (TPSA) is 78.9 Å². The first kappa shape index (κ1) is 15.1. The molecule has 0 radical (unpaired) electrons. The van der Waals surface area contributed by atoms with Crippen molar-refractivity contribution in [2.45, 2.75) is 45.1 Å². The molecule has 20 heavy (non-hydrogen) atoms. The summed E-state index contributed by atoms with van der Waals surface area (Å²) in [5.41, 5.74) is -0.779. The van der Waals surface area contributed by atoms with Gasteiger partial charge in [0, 0.05) is 19.7 Å². The average molecular weight is 284 g/mol. The molecule has 2 atom stereocenters. The third-order valence-electron chi connectivity index (χ3n) is 4.48. The lowest BCUT2D eigenvalue weighted by molar-refractivity contribution is -0.152. The molecule has 2 saturated heterocycles. The number of carbonyl (C=O) groups is 2. The van der Waals surface area contributed by atoms with Gasteiger partial charge in [-0.05, 0) is 32.1 Å². The van der Waals surface area contributed by atoms with Gasteiger partial charge in [-0.2, -0.15) is 0 Å². The van der Waals surface area contributed by atoms with E-state index in [2.05, 4.69) is 5.32 Å². The molecule has 6 heteroatoms. The Bertz CT molecular complexity index is 368. The van der Waals surface area contributed by atoms with E-state index in [4.69, 9.17) is 4.74 Å². The SMILES string of the molecule is CCC1(C(=O)O)CCCN(C(=O)NC2CCCOC2)C1. The highest BCUT2D eigenvalue weighted by Crippen LogP contribution is 2.33. The number of likely N-dealkylation sites (tertiary alicyclic amines) is 1. The molecule has 2 aliphatic rings. The molecule has 2 aliphatic heterocycles. The summed E-state index contributed by atoms with van der Waals surface area (Å²) in [6, 6.07) is -0.0988. The number of nitrogens with zero attached hydrogens (tertiary/aromatic N) is 1. The predicted octanol–water partition coefficient (Wildman–Crippen LogP) is 1.45. The van der Waals surface area contributed by atoms with Crippen molar-refractivity contribution in [3.63, 3.8) is 0 Å². The molecule has 0 spiro atoms. The number of piperidine rings is 1. The zero-order valence-electron chi connectivity index (χ0n) is 12.1. The molecule has 2 fully saturated rings. The van der Waals surface area contributed by atoms with Crippen molar-refractivity contribution < 1.29 is 19.4 Å². The second-order valence-corrected chi connectivity index (χ2v) is 5.83. The van der Waals surface area contributed by atoms with Crippen molar-refractivity contribution in [2.24, 2.45) is 5.41 Å². The fourth-order valence-corrected chi connectivity index (χ4v) is 3.04. The van der Waals surface area contributed by atoms with Crippen LogP contribution in [0.15, 0.2) is 0 Å². The van der Waals surface area contributed by atoms with Gasteiger partial charge >= 0.3 is 12.0 Å². The molecule has 0 aromatic heterocycles. The van der Waals surface area contributed by atoms with Gasteiger partial charge in [-0.25, -0.2) is 4.79 Å². The third kappa shape index (κ3) is 3.23. The molecule has 2 rings (SSSR count). The molecule has 2 amide bonds. The van der Waals surface area contributed by atoms with Crippen LogP contribution in [-0.2, 0) is 9.53 Å². The monoisotopic (exact) mass is 284 g/mol. The number of nitrogens with one attached hydrogen (secondary N) is 1. The third-order valence-corrected chi connectivity index (χ3v) is 4.48. The van der Waals surface area contributed by atoms with Crippen molar-refractivity contribution in [2.75, 3.05) is 26.3 Å². The van der Waals surface area contributed by atoms with Crippen LogP contribution in [0.25, 0.3) is 0 Å². The van der Waals surface area contributed by atoms with Crippen molar-refractivity contribution in [1.29, 1.82) is 0 Å². The van der Waals surface area contributed by atoms with E-state index in [9.17, 15) is 14.7 Å². The molecule has 0 saturated carbocycles. The zero-order chi connectivity index (χ0) is 14.6. The lowest BCUT2D eigenvalue weighted by atomic mass is 9.78. The van der Waals surface area contributed by atoms with E-state index in [1.807, 2.05) is 6.92 Å². The van der Waals surface area contributed by atoms with Gasteiger partial charge in [-0.3, -0.25) is 4.79 Å². The smallest absolute Gasteiger partial charge is 0.317 e. The van der Waals surface area contributed by atoms with Crippen LogP contribution in [0.3, 0.4) is 0 Å². The van der Waals surface area contributed by atoms with Crippen LogP contribution in [0.5, 0.6) is 0 Å². The van der Waals surface area contributed by atoms with Crippen LogP contribution in [0.1, 0.15) is 39.0 Å². The summed E-state index contributed by atoms with van der Waals surface area (Å²) in [6.07, 6.45) is 3.83. The molecule has 6 nitrogen and oxygen atoms in total. The molecule has 0 aromatic carbocycles. The van der Waals surface area contributed by atoms with Crippen LogP contribution in [0.2, 0.25) is 0 Å². The highest BCUT2D eigenvalue weighted by atomic mass is 16.5. The van der Waals surface area contributed by atoms with Gasteiger partial charge in [-0.1, -0.05) is 6.92 Å². The quantitative estimate of drug-likeness (QED) is 0.822. The summed E-state index contributed by atoms with van der Waals surface area (Å²) < 4.78 is 5.34. The van der Waals surface area contributed by atoms with E-state index in [0.717, 1.165) is 25.9 Å². The van der Waals surface area contributed by atoms with E-state index < -0.39 is 11.4 Å². The number of amides is 2. The Labute approximate surface area is 119 Å². The maximum absolute atomic E-state index is 12.3. The van der Waals surface area contributed by atoms with E-state index in [0.29, 0.717) is 32.5 Å². The molecular formula is C14H24N2O4. The van der Waals surface area contributed by atoms with Gasteiger partial charge in [0.25, 0.3) is 0 Å². The number of ether oxygens (including phenoxy) is 1. The predicted molar refractivity (Wildman–Crippen MR) is 73.5 cm³/mol. The van der Waals surface area contributed by atoms with Gasteiger partial charge in [-0.15, -0.1) is 0 Å². The summed E-state index contributed by atoms with van der Waals surface area (Å²) in [5, 5.41) is 12.4. The Balaban J connectivity index is 1.93. The van der Waals surface area contributed by atoms with Crippen molar-refractivity contribution in [3.8, 4) is 0 Å². The summed E-state index contributed by atoms with van der Waals surface area (Å²) in [6.45, 7) is 4.13. The summed E-state index contributed by atoms with van der Waals surface area (Å²) in [5.74, 6) is -0.793. The van der Waals surface area contributed by atoms with E-state index >= 15 is 0 Å². The normalized spacial score (nSPS) is 30.9. The van der Waals surface area contributed by atoms with Crippen LogP contribution in [0.4, 0.5) is 4.79 Å². The highest BCUT2D eigenvalue weighted by molar-refractivity contribution is 5.79. The Morgan fingerprint density at radius 2 is 2.25 bits per heavy atom. The van der Waals surface area contributed by atoms with Crippen molar-refractivity contribution in [1.82, 2.24) is 10.2 Å². The number of carboxylic acid groups (broad SMARTS) is 1. The van der Waals surface area contributed by atoms with E-state index in [1.54, 1.807) is 4.90 Å². The maximum Gasteiger partial charge on any atom is 0.317 e. The first-order valence-electron chi connectivity index (χ1n) is 7.44. The summed E-state index contributed by atoms with van der Waals surface area (Å²) in [7, 11) is 0. The Morgan fingerprint density at radius 3 is 2.85 bits per heavy atom. The van der Waals surface area contributed by atoms with E-state index in [1.165, 1.54) is 0 Å². The summed E-state index contributed by atoms with van der Waals surface area (Å²) >= 11 is 0. The van der Waals surface area contributed by atoms with Crippen LogP contribution in [0, 0.1) is 5.41 Å². The van der Waals surface area contributed by atoms with Gasteiger partial charge in [0.1, 0.15) is 0 Å². The molecule has 0 aromatic rings. The number of rotatable bonds is 3. The fraction of sp³-hybridized carbons (Fsp3) is 0.857. The molecule has 2 unspecified atom stereocenters. The van der Waals surface area contributed by atoms with Crippen molar-refractivity contribution in [3.05, 3.63) is 0 Å². The highest BCUT2D eigenvalue weighted by Gasteiger charge is 2.42. The minimum absolute atomic E-state index is 0.0547. The van der Waals surface area contributed by atoms with Crippen LogP contribution in [-0.4, -0.2) is 54.4 Å². The van der Waals surface area contributed by atoms with Gasteiger partial charge in [0.05, 0.1) is 18.1 Å². The number of carboxylic acids is 1. The van der Waals surface area contributed by atoms with Gasteiger partial charge < -0.3 is 20.1 Å². The van der Waals surface area contributed by atoms with Crippen molar-refractivity contribution >= 4 is 12.0 Å². The Morgan fingerprint density at radius 1 is 1.45 bits per heavy atom. The first-order chi connectivity index (χ1) is 9.57. The minimum Gasteiger partial charge on any atom is -0.481 e. The second-order valence-electron chi connectivity index (χ2n) is 5.83. The zero-order valence-corrected chi connectivity index (χ0v) is 12.1. The lowest BCUT2D eigenvalue weighted by Crippen LogP contribution is -2.54. The standard InChI is InChI=1S/C14H24N2O4/c1-2-14(12(17)18)6-4-7-16(10-14)13(19)15-11-5-3-8-20-9-11/h11H,2-10H2,1H3,(H,15,19)(H,17,18). The number of hydrogen-bond acceptors (Lipinski definition) is 3. The average Bonchev–Trinajstić information content (AvgIpc) is 2.48. The number of urea groups is 1. The summed E-state index contributed by atoms with van der Waals surface area (Å²) in [4.78, 5) is 25.4. The number of hydrogen-bond donors (Lipinski definition) is 2. The molecule has 0 bridgehead atoms. The first-order valence-corrected chi connectivity index (χ1v) is 7.44. The molecular weight excluding hydrogens is 260 g/mol. The molecule has 114 valence electrons. The van der Waals surface area contributed by atoms with Crippen LogP contribution < -0.4 is 5.32 Å². The largest absolute Gasteiger partial charge is 0.481 e. The Hall–Kier alpha value is -1.30. The fourth-order valence-electron chi connectivity index (χ4n) is 3.04. The number of aliphatic carboxylic acids is 1. The van der Waals surface area contributed by atoms with E-state index in [-0.39, 0.29) is 12.1 Å². The molecule has 2 N–H and O–H groups in total. The molecule has 0 aliphatic carbocycles. The lowest BCUT2D eigenvalue weighted by Gasteiger charge is -2.40. The second kappa shape index (κ2) is 6.43. The Kier molecular flexibility index (Phi) is 4.86. The van der Waals surface area contributed by atoms with Crippen LogP contribution >= 0.6 is 0 Å². The van der Waals surface area contributed by atoms with Gasteiger partial charge in [0.15, 0.2) is 0 Å². The maximum atomic E-state index is 12.3.